The molecule has 0 aliphatic carbocycles. The van der Waals surface area contributed by atoms with Crippen LogP contribution in [-0.4, -0.2) is 24.6 Å². The molecule has 0 fully saturated rings. The summed E-state index contributed by atoms with van der Waals surface area (Å²) in [5, 5.41) is 14.0. The highest BCUT2D eigenvalue weighted by Crippen LogP contribution is 2.07. The highest BCUT2D eigenvalue weighted by molar-refractivity contribution is 5.12. The highest BCUT2D eigenvalue weighted by atomic mass is 16.6. The number of nitrogens with zero attached hydrogens (tertiary/aromatic N) is 5. The second-order valence-electron chi connectivity index (χ2n) is 2.89. The van der Waals surface area contributed by atoms with Gasteiger partial charge in [0.25, 0.3) is 0 Å². The van der Waals surface area contributed by atoms with Crippen LogP contribution in [0.1, 0.15) is 11.7 Å². The smallest absolute Gasteiger partial charge is 0.358 e. The Labute approximate surface area is 83.7 Å². The lowest BCUT2D eigenvalue weighted by molar-refractivity contribution is -0.389. The molecule has 2 heterocycles. The van der Waals surface area contributed by atoms with Gasteiger partial charge in [0.1, 0.15) is 6.20 Å². The first-order valence-corrected chi connectivity index (χ1v) is 4.10. The van der Waals surface area contributed by atoms with E-state index >= 15 is 0 Å². The molecular weight excluding hydrogens is 202 g/mol. The lowest BCUT2D eigenvalue weighted by Crippen LogP contribution is -1.98. The Morgan fingerprint density at radius 2 is 2.47 bits per heavy atom. The van der Waals surface area contributed by atoms with Crippen molar-refractivity contribution in [2.24, 2.45) is 0 Å². The lowest BCUT2D eigenvalue weighted by Gasteiger charge is -1.91. The molecule has 0 saturated heterocycles. The Morgan fingerprint density at radius 3 is 3.00 bits per heavy atom. The van der Waals surface area contributed by atoms with E-state index in [1.165, 1.54) is 17.1 Å². The zero-order chi connectivity index (χ0) is 10.8. The fraction of sp³-hybridized carbons (Fsp3) is 0.286. The van der Waals surface area contributed by atoms with Crippen LogP contribution in [0.25, 0.3) is 0 Å². The maximum Gasteiger partial charge on any atom is 0.381 e. The molecule has 2 aromatic rings. The van der Waals surface area contributed by atoms with E-state index in [2.05, 4.69) is 15.1 Å². The van der Waals surface area contributed by atoms with Crippen molar-refractivity contribution in [1.82, 2.24) is 19.7 Å². The molecule has 0 saturated carbocycles. The normalized spacial score (nSPS) is 10.5. The molecule has 0 aromatic carbocycles. The van der Waals surface area contributed by atoms with Gasteiger partial charge in [0, 0.05) is 6.92 Å². The SMILES string of the molecule is Cc1nc(Cn2cnc([N+](=O)[O-])c2)no1. The van der Waals surface area contributed by atoms with Gasteiger partial charge >= 0.3 is 5.82 Å². The Balaban J connectivity index is 2.14. The standard InChI is InChI=1S/C7H7N5O3/c1-5-9-6(10-15-5)2-11-3-7(8-4-11)12(13)14/h3-4H,2H2,1H3. The van der Waals surface area contributed by atoms with Gasteiger partial charge in [0.2, 0.25) is 12.2 Å². The summed E-state index contributed by atoms with van der Waals surface area (Å²) < 4.78 is 6.28. The Hall–Kier alpha value is -2.25. The molecule has 78 valence electrons. The average molecular weight is 209 g/mol. The third-order valence-electron chi connectivity index (χ3n) is 1.70. The minimum Gasteiger partial charge on any atom is -0.358 e. The predicted octanol–water partition coefficient (Wildman–Crippen LogP) is 0.531. The van der Waals surface area contributed by atoms with Crippen LogP contribution in [0, 0.1) is 17.0 Å². The van der Waals surface area contributed by atoms with Crippen LogP contribution in [0.5, 0.6) is 0 Å². The molecule has 0 bridgehead atoms. The van der Waals surface area contributed by atoms with E-state index in [-0.39, 0.29) is 5.82 Å². The van der Waals surface area contributed by atoms with E-state index in [4.69, 9.17) is 4.52 Å². The first kappa shape index (κ1) is 9.31. The molecule has 0 aliphatic rings. The monoisotopic (exact) mass is 209 g/mol. The molecule has 2 rings (SSSR count). The highest BCUT2D eigenvalue weighted by Gasteiger charge is 2.11. The van der Waals surface area contributed by atoms with Crippen molar-refractivity contribution in [1.29, 1.82) is 0 Å². The van der Waals surface area contributed by atoms with E-state index in [0.717, 1.165) is 0 Å². The number of aryl methyl sites for hydroxylation is 1. The summed E-state index contributed by atoms with van der Waals surface area (Å²) in [5.74, 6) is 0.717. The summed E-state index contributed by atoms with van der Waals surface area (Å²) in [6, 6.07) is 0. The van der Waals surface area contributed by atoms with Crippen molar-refractivity contribution in [2.45, 2.75) is 13.5 Å². The third kappa shape index (κ3) is 1.98. The number of rotatable bonds is 3. The minimum atomic E-state index is -0.558. The molecule has 0 radical (unpaired) electrons. The van der Waals surface area contributed by atoms with Gasteiger partial charge in [-0.3, -0.25) is 0 Å². The van der Waals surface area contributed by atoms with Gasteiger partial charge < -0.3 is 19.2 Å². The second-order valence-corrected chi connectivity index (χ2v) is 2.89. The predicted molar refractivity (Wildman–Crippen MR) is 47.0 cm³/mol. The quantitative estimate of drug-likeness (QED) is 0.540. The zero-order valence-electron chi connectivity index (χ0n) is 7.82. The summed E-state index contributed by atoms with van der Waals surface area (Å²) in [7, 11) is 0. The van der Waals surface area contributed by atoms with Crippen molar-refractivity contribution >= 4 is 5.82 Å². The van der Waals surface area contributed by atoms with Crippen molar-refractivity contribution in [3.63, 3.8) is 0 Å². The molecule has 2 aromatic heterocycles. The first-order chi connectivity index (χ1) is 7.15. The molecule has 8 nitrogen and oxygen atoms in total. The third-order valence-corrected chi connectivity index (χ3v) is 1.70. The van der Waals surface area contributed by atoms with Gasteiger partial charge in [-0.05, 0) is 9.91 Å². The van der Waals surface area contributed by atoms with E-state index in [1.807, 2.05) is 0 Å². The summed E-state index contributed by atoms with van der Waals surface area (Å²) in [6.07, 6.45) is 2.66. The molecule has 0 spiro atoms. The molecular formula is C7H7N5O3. The van der Waals surface area contributed by atoms with Gasteiger partial charge in [0.05, 0.1) is 6.54 Å². The van der Waals surface area contributed by atoms with Gasteiger partial charge in [-0.2, -0.15) is 4.98 Å². The van der Waals surface area contributed by atoms with Crippen molar-refractivity contribution in [3.8, 4) is 0 Å². The van der Waals surface area contributed by atoms with E-state index in [0.29, 0.717) is 18.3 Å². The summed E-state index contributed by atoms with van der Waals surface area (Å²) in [5.41, 5.74) is 0. The van der Waals surface area contributed by atoms with Gasteiger partial charge in [-0.15, -0.1) is 0 Å². The Kier molecular flexibility index (Phi) is 2.16. The van der Waals surface area contributed by atoms with Crippen LogP contribution >= 0.6 is 0 Å². The molecule has 0 aliphatic heterocycles. The van der Waals surface area contributed by atoms with Crippen LogP contribution < -0.4 is 0 Å². The first-order valence-electron chi connectivity index (χ1n) is 4.10. The number of imidazole rings is 1. The summed E-state index contributed by atoms with van der Waals surface area (Å²) >= 11 is 0. The lowest BCUT2D eigenvalue weighted by atomic mass is 10.6. The summed E-state index contributed by atoms with van der Waals surface area (Å²) in [4.78, 5) is 17.4. The van der Waals surface area contributed by atoms with Gasteiger partial charge in [-0.1, -0.05) is 5.16 Å². The number of hydrogen-bond acceptors (Lipinski definition) is 6. The Bertz CT molecular complexity index is 488. The van der Waals surface area contributed by atoms with E-state index in [1.54, 1.807) is 6.92 Å². The average Bonchev–Trinajstić information content (AvgIpc) is 2.76. The number of aromatic nitrogens is 4. The Morgan fingerprint density at radius 1 is 1.67 bits per heavy atom. The largest absolute Gasteiger partial charge is 0.381 e. The molecule has 15 heavy (non-hydrogen) atoms. The number of hydrogen-bond donors (Lipinski definition) is 0. The van der Waals surface area contributed by atoms with Gasteiger partial charge in [0.15, 0.2) is 5.82 Å². The van der Waals surface area contributed by atoms with Crippen LogP contribution in [-0.2, 0) is 6.54 Å². The molecule has 8 heteroatoms. The molecule has 0 N–H and O–H groups in total. The summed E-state index contributed by atoms with van der Waals surface area (Å²) in [6.45, 7) is 1.98. The maximum absolute atomic E-state index is 10.4. The zero-order valence-corrected chi connectivity index (χ0v) is 7.82. The van der Waals surface area contributed by atoms with Gasteiger partial charge in [-0.25, -0.2) is 0 Å². The van der Waals surface area contributed by atoms with Crippen LogP contribution in [0.2, 0.25) is 0 Å². The van der Waals surface area contributed by atoms with Crippen molar-refractivity contribution in [2.75, 3.05) is 0 Å². The topological polar surface area (TPSA) is 99.9 Å². The number of nitro groups is 1. The minimum absolute atomic E-state index is 0.199. The fourth-order valence-corrected chi connectivity index (χ4v) is 1.10. The van der Waals surface area contributed by atoms with Crippen LogP contribution in [0.3, 0.4) is 0 Å². The van der Waals surface area contributed by atoms with Crippen LogP contribution in [0.15, 0.2) is 17.0 Å². The van der Waals surface area contributed by atoms with E-state index in [9.17, 15) is 10.1 Å². The second kappa shape index (κ2) is 3.48. The van der Waals surface area contributed by atoms with Crippen LogP contribution in [0.4, 0.5) is 5.82 Å². The fourth-order valence-electron chi connectivity index (χ4n) is 1.10. The molecule has 0 amide bonds. The van der Waals surface area contributed by atoms with E-state index < -0.39 is 4.92 Å². The maximum atomic E-state index is 10.4. The van der Waals surface area contributed by atoms with Crippen molar-refractivity contribution < 1.29 is 9.45 Å². The van der Waals surface area contributed by atoms with Crippen molar-refractivity contribution in [3.05, 3.63) is 34.4 Å². The molecule has 0 atom stereocenters. The molecule has 0 unspecified atom stereocenters.